The first kappa shape index (κ1) is 13.0. The Morgan fingerprint density at radius 3 is 2.65 bits per heavy atom. The molecule has 90 valence electrons. The number of esters is 1. The van der Waals surface area contributed by atoms with Crippen molar-refractivity contribution in [1.29, 1.82) is 5.26 Å². The lowest BCUT2D eigenvalue weighted by Crippen LogP contribution is -2.11. The van der Waals surface area contributed by atoms with Crippen LogP contribution in [-0.4, -0.2) is 20.2 Å². The third kappa shape index (κ3) is 2.74. The van der Waals surface area contributed by atoms with Gasteiger partial charge in [0.1, 0.15) is 11.8 Å². The summed E-state index contributed by atoms with van der Waals surface area (Å²) in [5, 5.41) is 8.95. The van der Waals surface area contributed by atoms with E-state index in [-0.39, 0.29) is 13.0 Å². The zero-order valence-corrected chi connectivity index (χ0v) is 9.82. The Morgan fingerprint density at radius 1 is 1.47 bits per heavy atom. The number of methoxy groups -OCH3 is 2. The van der Waals surface area contributed by atoms with Crippen molar-refractivity contribution in [2.45, 2.75) is 13.0 Å². The molecule has 0 saturated carbocycles. The molecule has 0 heterocycles. The minimum Gasteiger partial charge on any atom is -0.495 e. The van der Waals surface area contributed by atoms with E-state index in [1.807, 2.05) is 6.07 Å². The quantitative estimate of drug-likeness (QED) is 0.776. The molecule has 5 heteroatoms. The van der Waals surface area contributed by atoms with Gasteiger partial charge in [-0.1, -0.05) is 6.07 Å². The predicted molar refractivity (Wildman–Crippen MR) is 61.3 cm³/mol. The summed E-state index contributed by atoms with van der Waals surface area (Å²) in [5.41, 5.74) is 7.35. The van der Waals surface area contributed by atoms with Crippen molar-refractivity contribution >= 4 is 5.97 Å². The molecule has 0 aliphatic rings. The van der Waals surface area contributed by atoms with Crippen LogP contribution in [0.5, 0.6) is 5.75 Å². The predicted octanol–water partition coefficient (Wildman–Crippen LogP) is 0.741. The Balaban J connectivity index is 3.30. The number of benzene rings is 1. The minimum absolute atomic E-state index is 0.0434. The van der Waals surface area contributed by atoms with Crippen LogP contribution in [-0.2, 0) is 22.5 Å². The molecule has 0 aliphatic heterocycles. The molecule has 5 nitrogen and oxygen atoms in total. The van der Waals surface area contributed by atoms with Crippen LogP contribution in [0.3, 0.4) is 0 Å². The zero-order valence-electron chi connectivity index (χ0n) is 9.82. The van der Waals surface area contributed by atoms with Crippen LogP contribution in [0.25, 0.3) is 0 Å². The summed E-state index contributed by atoms with van der Waals surface area (Å²) in [5.74, 6) is -0.00561. The number of nitrogens with zero attached hydrogens (tertiary/aromatic N) is 1. The van der Waals surface area contributed by atoms with E-state index < -0.39 is 5.97 Å². The molecule has 0 spiro atoms. The van der Waals surface area contributed by atoms with E-state index >= 15 is 0 Å². The highest BCUT2D eigenvalue weighted by Gasteiger charge is 2.16. The van der Waals surface area contributed by atoms with Gasteiger partial charge in [-0.05, 0) is 11.6 Å². The number of ether oxygens (including phenoxy) is 2. The summed E-state index contributed by atoms with van der Waals surface area (Å²) < 4.78 is 9.78. The molecule has 0 aliphatic carbocycles. The van der Waals surface area contributed by atoms with Gasteiger partial charge in [0, 0.05) is 12.1 Å². The number of carbonyl (C=O) groups is 1. The summed E-state index contributed by atoms with van der Waals surface area (Å²) in [4.78, 5) is 11.3. The first-order valence-corrected chi connectivity index (χ1v) is 5.03. The highest BCUT2D eigenvalue weighted by Crippen LogP contribution is 2.27. The fraction of sp³-hybridized carbons (Fsp3) is 0.333. The molecular formula is C12H14N2O3. The van der Waals surface area contributed by atoms with E-state index in [4.69, 9.17) is 15.7 Å². The summed E-state index contributed by atoms with van der Waals surface area (Å²) >= 11 is 0. The van der Waals surface area contributed by atoms with Crippen LogP contribution in [0.2, 0.25) is 0 Å². The fourth-order valence-electron chi connectivity index (χ4n) is 1.59. The Labute approximate surface area is 99.7 Å². The lowest BCUT2D eigenvalue weighted by Gasteiger charge is -2.13. The van der Waals surface area contributed by atoms with E-state index in [0.717, 1.165) is 5.56 Å². The smallest absolute Gasteiger partial charge is 0.310 e. The molecule has 0 radical (unpaired) electrons. The van der Waals surface area contributed by atoms with Crippen molar-refractivity contribution in [3.05, 3.63) is 28.8 Å². The molecule has 0 bridgehead atoms. The van der Waals surface area contributed by atoms with Crippen molar-refractivity contribution in [2.75, 3.05) is 14.2 Å². The number of nitrogens with two attached hydrogens (primary N) is 1. The Morgan fingerprint density at radius 2 is 2.18 bits per heavy atom. The van der Waals surface area contributed by atoms with Gasteiger partial charge >= 0.3 is 5.97 Å². The van der Waals surface area contributed by atoms with E-state index in [1.54, 1.807) is 12.1 Å². The van der Waals surface area contributed by atoms with Crippen LogP contribution < -0.4 is 10.5 Å². The van der Waals surface area contributed by atoms with Crippen LogP contribution in [0, 0.1) is 11.3 Å². The van der Waals surface area contributed by atoms with Gasteiger partial charge in [-0.3, -0.25) is 4.79 Å². The number of rotatable bonds is 4. The van der Waals surface area contributed by atoms with Gasteiger partial charge in [0.25, 0.3) is 0 Å². The maximum absolute atomic E-state index is 11.3. The van der Waals surface area contributed by atoms with Gasteiger partial charge in [-0.15, -0.1) is 0 Å². The fourth-order valence-corrected chi connectivity index (χ4v) is 1.59. The Kier molecular flexibility index (Phi) is 4.49. The SMILES string of the molecule is COC(=O)Cc1c(CN)ccc(C#N)c1OC. The zero-order chi connectivity index (χ0) is 12.8. The average Bonchev–Trinajstić information content (AvgIpc) is 2.37. The number of hydrogen-bond acceptors (Lipinski definition) is 5. The maximum atomic E-state index is 11.3. The Hall–Kier alpha value is -2.06. The second-order valence-corrected chi connectivity index (χ2v) is 3.35. The summed E-state index contributed by atoms with van der Waals surface area (Å²) in [6.07, 6.45) is 0.0434. The molecule has 1 aromatic rings. The van der Waals surface area contributed by atoms with Crippen molar-refractivity contribution in [2.24, 2.45) is 5.73 Å². The second kappa shape index (κ2) is 5.87. The number of carbonyl (C=O) groups excluding carboxylic acids is 1. The van der Waals surface area contributed by atoms with Crippen molar-refractivity contribution in [3.63, 3.8) is 0 Å². The van der Waals surface area contributed by atoms with Gasteiger partial charge in [0.2, 0.25) is 0 Å². The van der Waals surface area contributed by atoms with Gasteiger partial charge in [0.05, 0.1) is 26.2 Å². The molecule has 0 amide bonds. The van der Waals surface area contributed by atoms with Crippen LogP contribution in [0.15, 0.2) is 12.1 Å². The summed E-state index contributed by atoms with van der Waals surface area (Å²) in [6.45, 7) is 0.272. The molecule has 1 aromatic carbocycles. The maximum Gasteiger partial charge on any atom is 0.310 e. The average molecular weight is 234 g/mol. The Bertz CT molecular complexity index is 464. The van der Waals surface area contributed by atoms with E-state index in [9.17, 15) is 4.79 Å². The number of hydrogen-bond donors (Lipinski definition) is 1. The summed E-state index contributed by atoms with van der Waals surface area (Å²) in [6, 6.07) is 5.36. The van der Waals surface area contributed by atoms with Gasteiger partial charge in [0.15, 0.2) is 0 Å². The normalized spacial score (nSPS) is 9.53. The molecule has 0 atom stereocenters. The monoisotopic (exact) mass is 234 g/mol. The summed E-state index contributed by atoms with van der Waals surface area (Å²) in [7, 11) is 2.77. The lowest BCUT2D eigenvalue weighted by atomic mass is 10.00. The topological polar surface area (TPSA) is 85.3 Å². The molecule has 0 unspecified atom stereocenters. The van der Waals surface area contributed by atoms with Crippen LogP contribution >= 0.6 is 0 Å². The third-order valence-electron chi connectivity index (χ3n) is 2.45. The van der Waals surface area contributed by atoms with Gasteiger partial charge < -0.3 is 15.2 Å². The molecule has 2 N–H and O–H groups in total. The van der Waals surface area contributed by atoms with E-state index in [0.29, 0.717) is 16.9 Å². The molecular weight excluding hydrogens is 220 g/mol. The highest BCUT2D eigenvalue weighted by atomic mass is 16.5. The standard InChI is InChI=1S/C12H14N2O3/c1-16-11(15)5-10-8(6-13)3-4-9(7-14)12(10)17-2/h3-4H,5-6,13H2,1-2H3. The first-order valence-electron chi connectivity index (χ1n) is 5.03. The van der Waals surface area contributed by atoms with E-state index in [1.165, 1.54) is 14.2 Å². The van der Waals surface area contributed by atoms with Crippen molar-refractivity contribution in [1.82, 2.24) is 0 Å². The second-order valence-electron chi connectivity index (χ2n) is 3.35. The highest BCUT2D eigenvalue weighted by molar-refractivity contribution is 5.75. The van der Waals surface area contributed by atoms with Crippen LogP contribution in [0.1, 0.15) is 16.7 Å². The lowest BCUT2D eigenvalue weighted by molar-refractivity contribution is -0.139. The van der Waals surface area contributed by atoms with Crippen LogP contribution in [0.4, 0.5) is 0 Å². The third-order valence-corrected chi connectivity index (χ3v) is 2.45. The largest absolute Gasteiger partial charge is 0.495 e. The minimum atomic E-state index is -0.395. The van der Waals surface area contributed by atoms with Crippen molar-refractivity contribution < 1.29 is 14.3 Å². The molecule has 0 fully saturated rings. The van der Waals surface area contributed by atoms with Crippen molar-refractivity contribution in [3.8, 4) is 11.8 Å². The molecule has 17 heavy (non-hydrogen) atoms. The van der Waals surface area contributed by atoms with Gasteiger partial charge in [-0.25, -0.2) is 0 Å². The molecule has 0 saturated heterocycles. The number of nitriles is 1. The van der Waals surface area contributed by atoms with Gasteiger partial charge in [-0.2, -0.15) is 5.26 Å². The first-order chi connectivity index (χ1) is 8.17. The van der Waals surface area contributed by atoms with E-state index in [2.05, 4.69) is 4.74 Å². The molecule has 1 rings (SSSR count). The molecule has 0 aromatic heterocycles.